The van der Waals surface area contributed by atoms with Crippen LogP contribution in [-0.2, 0) is 17.8 Å². The van der Waals surface area contributed by atoms with E-state index >= 15 is 0 Å². The highest BCUT2D eigenvalue weighted by Gasteiger charge is 2.11. The predicted molar refractivity (Wildman–Crippen MR) is 136 cm³/mol. The molecule has 2 N–H and O–H groups in total. The van der Waals surface area contributed by atoms with Crippen molar-refractivity contribution in [2.75, 3.05) is 7.05 Å². The largest absolute Gasteiger partial charge is 0.391 e. The molecule has 0 aliphatic heterocycles. The zero-order valence-corrected chi connectivity index (χ0v) is 20.6. The molecule has 166 valence electrons. The standard InChI is InChI=1S/C26H31N4OP/c1-15-7-21-10-20(12-24(32)25(21)28-13-15)11-22(27-6)9-17(3)26(31)29-14-23-16(2)8-18(4)30-19(23)5/h7-10,12-13,27H,3,11,14,32H2,1-2,4-6H3,(H,29,31)/b22-9-. The van der Waals surface area contributed by atoms with Crippen LogP contribution in [0.4, 0.5) is 0 Å². The Balaban J connectivity index is 1.72. The van der Waals surface area contributed by atoms with Gasteiger partial charge in [0.05, 0.1) is 5.52 Å². The van der Waals surface area contributed by atoms with Gasteiger partial charge in [0.1, 0.15) is 0 Å². The Morgan fingerprint density at radius 1 is 1.16 bits per heavy atom. The van der Waals surface area contributed by atoms with Gasteiger partial charge in [-0.1, -0.05) is 6.58 Å². The molecule has 0 saturated carbocycles. The molecule has 0 spiro atoms. The van der Waals surface area contributed by atoms with Gasteiger partial charge in [-0.25, -0.2) is 0 Å². The van der Waals surface area contributed by atoms with Crippen LogP contribution in [0.5, 0.6) is 0 Å². The normalized spacial score (nSPS) is 11.5. The molecule has 1 amide bonds. The quantitative estimate of drug-likeness (QED) is 0.328. The summed E-state index contributed by atoms with van der Waals surface area (Å²) in [5.74, 6) is -0.192. The van der Waals surface area contributed by atoms with Crippen molar-refractivity contribution in [2.45, 2.75) is 40.7 Å². The second-order valence-electron chi connectivity index (χ2n) is 8.22. The molecule has 0 fully saturated rings. The van der Waals surface area contributed by atoms with Crippen molar-refractivity contribution >= 4 is 31.4 Å². The van der Waals surface area contributed by atoms with Crippen molar-refractivity contribution in [2.24, 2.45) is 0 Å². The van der Waals surface area contributed by atoms with Gasteiger partial charge in [-0.2, -0.15) is 0 Å². The van der Waals surface area contributed by atoms with Gasteiger partial charge in [0, 0.05) is 54.3 Å². The van der Waals surface area contributed by atoms with E-state index in [1.165, 1.54) is 0 Å². The molecule has 0 aliphatic carbocycles. The van der Waals surface area contributed by atoms with E-state index in [0.717, 1.165) is 55.5 Å². The number of rotatable bonds is 7. The van der Waals surface area contributed by atoms with Crippen molar-refractivity contribution in [3.8, 4) is 0 Å². The molecule has 2 aromatic heterocycles. The summed E-state index contributed by atoms with van der Waals surface area (Å²) in [6.07, 6.45) is 4.35. The molecule has 32 heavy (non-hydrogen) atoms. The number of hydrogen-bond donors (Lipinski definition) is 2. The van der Waals surface area contributed by atoms with Crippen molar-refractivity contribution in [3.63, 3.8) is 0 Å². The third-order valence-electron chi connectivity index (χ3n) is 5.47. The maximum Gasteiger partial charge on any atom is 0.251 e. The maximum atomic E-state index is 12.7. The lowest BCUT2D eigenvalue weighted by molar-refractivity contribution is -0.117. The summed E-state index contributed by atoms with van der Waals surface area (Å²) < 4.78 is 0. The van der Waals surface area contributed by atoms with Crippen LogP contribution < -0.4 is 15.9 Å². The van der Waals surface area contributed by atoms with Crippen molar-refractivity contribution in [1.29, 1.82) is 0 Å². The third-order valence-corrected chi connectivity index (χ3v) is 5.91. The van der Waals surface area contributed by atoms with Gasteiger partial charge in [-0.05, 0) is 85.6 Å². The van der Waals surface area contributed by atoms with Gasteiger partial charge in [-0.3, -0.25) is 14.8 Å². The van der Waals surface area contributed by atoms with Gasteiger partial charge in [0.25, 0.3) is 5.91 Å². The number of carbonyl (C=O) groups is 1. The summed E-state index contributed by atoms with van der Waals surface area (Å²) in [6, 6.07) is 8.42. The van der Waals surface area contributed by atoms with E-state index in [9.17, 15) is 4.79 Å². The molecule has 3 aromatic rings. The fourth-order valence-corrected chi connectivity index (χ4v) is 4.32. The molecule has 2 heterocycles. The van der Waals surface area contributed by atoms with E-state index < -0.39 is 0 Å². The number of pyridine rings is 2. The topological polar surface area (TPSA) is 66.9 Å². The Morgan fingerprint density at radius 2 is 1.91 bits per heavy atom. The number of nitrogens with zero attached hydrogens (tertiary/aromatic N) is 2. The van der Waals surface area contributed by atoms with Crippen LogP contribution in [0.15, 0.2) is 54.4 Å². The molecule has 1 atom stereocenters. The van der Waals surface area contributed by atoms with Crippen LogP contribution in [0, 0.1) is 27.7 Å². The molecule has 6 heteroatoms. The molecule has 3 rings (SSSR count). The Hall–Kier alpha value is -3.04. The number of allylic oxidation sites excluding steroid dienone is 1. The third kappa shape index (κ3) is 5.60. The van der Waals surface area contributed by atoms with Gasteiger partial charge in [-0.15, -0.1) is 9.24 Å². The first-order valence-corrected chi connectivity index (χ1v) is 11.2. The molecule has 1 aromatic carbocycles. The van der Waals surface area contributed by atoms with Crippen molar-refractivity contribution in [3.05, 3.63) is 88.0 Å². The van der Waals surface area contributed by atoms with Crippen LogP contribution in [0.3, 0.4) is 0 Å². The summed E-state index contributed by atoms with van der Waals surface area (Å²) in [5.41, 5.74) is 8.67. The summed E-state index contributed by atoms with van der Waals surface area (Å²) in [7, 11) is 4.62. The average molecular weight is 447 g/mol. The average Bonchev–Trinajstić information content (AvgIpc) is 2.71. The summed E-state index contributed by atoms with van der Waals surface area (Å²) in [6.45, 7) is 12.4. The summed E-state index contributed by atoms with van der Waals surface area (Å²) >= 11 is 0. The Morgan fingerprint density at radius 3 is 2.59 bits per heavy atom. The number of amides is 1. The van der Waals surface area contributed by atoms with Crippen molar-refractivity contribution in [1.82, 2.24) is 20.6 Å². The van der Waals surface area contributed by atoms with Gasteiger partial charge in [0.2, 0.25) is 0 Å². The number of hydrogen-bond acceptors (Lipinski definition) is 4. The van der Waals surface area contributed by atoms with Gasteiger partial charge >= 0.3 is 0 Å². The van der Waals surface area contributed by atoms with Crippen LogP contribution in [-0.4, -0.2) is 22.9 Å². The minimum Gasteiger partial charge on any atom is -0.391 e. The van der Waals surface area contributed by atoms with E-state index in [2.05, 4.69) is 54.6 Å². The highest BCUT2D eigenvalue weighted by molar-refractivity contribution is 7.28. The molecule has 0 radical (unpaired) electrons. The molecular formula is C26H31N4OP. The van der Waals surface area contributed by atoms with Crippen molar-refractivity contribution < 1.29 is 4.79 Å². The number of fused-ring (bicyclic) bond motifs is 1. The summed E-state index contributed by atoms with van der Waals surface area (Å²) in [4.78, 5) is 21.7. The highest BCUT2D eigenvalue weighted by atomic mass is 31.0. The first kappa shape index (κ1) is 23.6. The maximum absolute atomic E-state index is 12.7. The number of aryl methyl sites for hydroxylation is 4. The first-order valence-electron chi connectivity index (χ1n) is 10.6. The van der Waals surface area contributed by atoms with E-state index in [0.29, 0.717) is 18.5 Å². The second-order valence-corrected chi connectivity index (χ2v) is 8.84. The number of carbonyl (C=O) groups excluding carboxylic acids is 1. The number of nitrogens with one attached hydrogen (secondary N) is 2. The Labute approximate surface area is 192 Å². The van der Waals surface area contributed by atoms with Crippen LogP contribution in [0.25, 0.3) is 10.9 Å². The Bertz CT molecular complexity index is 1210. The second kappa shape index (κ2) is 10.1. The molecule has 5 nitrogen and oxygen atoms in total. The summed E-state index contributed by atoms with van der Waals surface area (Å²) in [5, 5.41) is 8.34. The molecule has 0 saturated heterocycles. The van der Waals surface area contributed by atoms with Gasteiger partial charge in [0.15, 0.2) is 0 Å². The van der Waals surface area contributed by atoms with Crippen LogP contribution in [0.1, 0.15) is 33.6 Å². The zero-order chi connectivity index (χ0) is 23.4. The smallest absolute Gasteiger partial charge is 0.251 e. The van der Waals surface area contributed by atoms with Crippen LogP contribution >= 0.6 is 9.24 Å². The fraction of sp³-hybridized carbons (Fsp3) is 0.269. The van der Waals surface area contributed by atoms with E-state index in [4.69, 9.17) is 0 Å². The minimum absolute atomic E-state index is 0.192. The number of likely N-dealkylation sites (N-methyl/N-ethyl adjacent to an activating group) is 1. The zero-order valence-electron chi connectivity index (χ0n) is 19.5. The predicted octanol–water partition coefficient (Wildman–Crippen LogP) is 3.88. The monoisotopic (exact) mass is 446 g/mol. The van der Waals surface area contributed by atoms with E-state index in [-0.39, 0.29) is 5.91 Å². The highest BCUT2D eigenvalue weighted by Crippen LogP contribution is 2.18. The number of aromatic nitrogens is 2. The molecule has 0 bridgehead atoms. The lowest BCUT2D eigenvalue weighted by Gasteiger charge is -2.13. The lowest BCUT2D eigenvalue weighted by Crippen LogP contribution is -2.25. The lowest BCUT2D eigenvalue weighted by atomic mass is 10.0. The SMILES string of the molecule is C=C(/C=C(/Cc1cc(P)c2ncc(C)cc2c1)NC)C(=O)NCc1c(C)cc(C)nc1C. The van der Waals surface area contributed by atoms with E-state index in [1.54, 1.807) is 0 Å². The minimum atomic E-state index is -0.192. The first-order chi connectivity index (χ1) is 15.2. The molecule has 0 aliphatic rings. The fourth-order valence-electron chi connectivity index (χ4n) is 3.86. The molecule has 1 unspecified atom stereocenters. The van der Waals surface area contributed by atoms with E-state index in [1.807, 2.05) is 53.1 Å². The Kier molecular flexibility index (Phi) is 7.42. The van der Waals surface area contributed by atoms with Gasteiger partial charge < -0.3 is 10.6 Å². The number of benzene rings is 1. The molecular weight excluding hydrogens is 415 g/mol. The van der Waals surface area contributed by atoms with Crippen LogP contribution in [0.2, 0.25) is 0 Å².